The monoisotopic (exact) mass is 249 g/mol. The number of hydrogen-bond donors (Lipinski definition) is 2. The maximum absolute atomic E-state index is 5.80. The Kier molecular flexibility index (Phi) is 3.02. The van der Waals surface area contributed by atoms with Crippen LogP contribution in [0.5, 0.6) is 0 Å². The number of nitrogens with zero attached hydrogens (tertiary/aromatic N) is 1. The molecule has 94 valence electrons. The standard InChI is InChI=1S/C16H15N3/c17-14-6-7-15-13(10-14)8-9-18-16(15)19-11-12-4-2-1-3-5-12/h1-10H,11,17H2,(H,18,19). The summed E-state index contributed by atoms with van der Waals surface area (Å²) >= 11 is 0. The molecule has 0 aliphatic heterocycles. The molecule has 0 bridgehead atoms. The van der Waals surface area contributed by atoms with Crippen molar-refractivity contribution in [3.63, 3.8) is 0 Å². The van der Waals surface area contributed by atoms with Crippen LogP contribution < -0.4 is 11.1 Å². The molecule has 1 aromatic heterocycles. The molecule has 2 aromatic carbocycles. The van der Waals surface area contributed by atoms with Crippen molar-refractivity contribution in [1.29, 1.82) is 0 Å². The lowest BCUT2D eigenvalue weighted by atomic mass is 10.1. The molecule has 3 N–H and O–H groups in total. The number of nitrogens with two attached hydrogens (primary N) is 1. The molecule has 0 fully saturated rings. The molecule has 3 rings (SSSR count). The van der Waals surface area contributed by atoms with Gasteiger partial charge in [-0.2, -0.15) is 0 Å². The van der Waals surface area contributed by atoms with E-state index in [1.165, 1.54) is 5.56 Å². The van der Waals surface area contributed by atoms with Gasteiger partial charge in [0.2, 0.25) is 0 Å². The van der Waals surface area contributed by atoms with E-state index in [0.717, 1.165) is 28.8 Å². The van der Waals surface area contributed by atoms with Crippen molar-refractivity contribution in [1.82, 2.24) is 4.98 Å². The van der Waals surface area contributed by atoms with Gasteiger partial charge in [-0.05, 0) is 35.2 Å². The molecule has 3 nitrogen and oxygen atoms in total. The van der Waals surface area contributed by atoms with Gasteiger partial charge in [0.05, 0.1) is 0 Å². The van der Waals surface area contributed by atoms with Gasteiger partial charge in [-0.25, -0.2) is 4.98 Å². The van der Waals surface area contributed by atoms with Crippen molar-refractivity contribution in [3.05, 3.63) is 66.4 Å². The van der Waals surface area contributed by atoms with Crippen LogP contribution in [0.25, 0.3) is 10.8 Å². The highest BCUT2D eigenvalue weighted by atomic mass is 15.0. The van der Waals surface area contributed by atoms with Crippen molar-refractivity contribution in [2.75, 3.05) is 11.1 Å². The van der Waals surface area contributed by atoms with E-state index in [0.29, 0.717) is 0 Å². The number of fused-ring (bicyclic) bond motifs is 1. The van der Waals surface area contributed by atoms with Crippen molar-refractivity contribution in [2.45, 2.75) is 6.54 Å². The zero-order valence-corrected chi connectivity index (χ0v) is 10.5. The lowest BCUT2D eigenvalue weighted by Crippen LogP contribution is -2.01. The van der Waals surface area contributed by atoms with Gasteiger partial charge in [0.15, 0.2) is 0 Å². The molecule has 19 heavy (non-hydrogen) atoms. The van der Waals surface area contributed by atoms with E-state index < -0.39 is 0 Å². The average Bonchev–Trinajstić information content (AvgIpc) is 2.45. The number of aromatic nitrogens is 1. The molecule has 1 heterocycles. The van der Waals surface area contributed by atoms with Gasteiger partial charge in [-0.1, -0.05) is 30.3 Å². The van der Waals surface area contributed by atoms with E-state index in [-0.39, 0.29) is 0 Å². The highest BCUT2D eigenvalue weighted by Gasteiger charge is 2.02. The van der Waals surface area contributed by atoms with Crippen LogP contribution >= 0.6 is 0 Å². The summed E-state index contributed by atoms with van der Waals surface area (Å²) in [6.45, 7) is 0.761. The molecule has 0 unspecified atom stereocenters. The van der Waals surface area contributed by atoms with Crippen molar-refractivity contribution in [3.8, 4) is 0 Å². The Balaban J connectivity index is 1.89. The molecule has 0 atom stereocenters. The smallest absolute Gasteiger partial charge is 0.134 e. The topological polar surface area (TPSA) is 50.9 Å². The Morgan fingerprint density at radius 3 is 2.68 bits per heavy atom. The van der Waals surface area contributed by atoms with Crippen LogP contribution in [-0.2, 0) is 6.54 Å². The van der Waals surface area contributed by atoms with Crippen LogP contribution in [0.4, 0.5) is 11.5 Å². The maximum Gasteiger partial charge on any atom is 0.134 e. The minimum Gasteiger partial charge on any atom is -0.399 e. The Labute approximate surface area is 112 Å². The van der Waals surface area contributed by atoms with Gasteiger partial charge in [-0.3, -0.25) is 0 Å². The summed E-state index contributed by atoms with van der Waals surface area (Å²) in [5.74, 6) is 0.890. The molecule has 0 amide bonds. The number of benzene rings is 2. The summed E-state index contributed by atoms with van der Waals surface area (Å²) in [6.07, 6.45) is 1.80. The van der Waals surface area contributed by atoms with Crippen LogP contribution in [-0.4, -0.2) is 4.98 Å². The second kappa shape index (κ2) is 4.98. The fourth-order valence-electron chi connectivity index (χ4n) is 2.12. The third-order valence-electron chi connectivity index (χ3n) is 3.09. The molecule has 0 saturated carbocycles. The van der Waals surface area contributed by atoms with Gasteiger partial charge < -0.3 is 11.1 Å². The highest BCUT2D eigenvalue weighted by Crippen LogP contribution is 2.23. The summed E-state index contributed by atoms with van der Waals surface area (Å²) in [5.41, 5.74) is 7.80. The Morgan fingerprint density at radius 2 is 1.84 bits per heavy atom. The maximum atomic E-state index is 5.80. The third-order valence-corrected chi connectivity index (χ3v) is 3.09. The van der Waals surface area contributed by atoms with Crippen LogP contribution in [0.15, 0.2) is 60.8 Å². The first-order chi connectivity index (χ1) is 9.33. The Bertz CT molecular complexity index is 693. The minimum absolute atomic E-state index is 0.761. The molecular weight excluding hydrogens is 234 g/mol. The summed E-state index contributed by atoms with van der Waals surface area (Å²) in [5, 5.41) is 5.56. The second-order valence-electron chi connectivity index (χ2n) is 4.48. The normalized spacial score (nSPS) is 10.5. The number of nitrogen functional groups attached to an aromatic ring is 1. The molecular formula is C16H15N3. The molecule has 3 aromatic rings. The highest BCUT2D eigenvalue weighted by molar-refractivity contribution is 5.93. The van der Waals surface area contributed by atoms with E-state index in [2.05, 4.69) is 22.4 Å². The van der Waals surface area contributed by atoms with E-state index in [9.17, 15) is 0 Å². The molecule has 0 saturated heterocycles. The van der Waals surface area contributed by atoms with Gasteiger partial charge in [0.1, 0.15) is 5.82 Å². The van der Waals surface area contributed by atoms with Gasteiger partial charge in [0.25, 0.3) is 0 Å². The van der Waals surface area contributed by atoms with Gasteiger partial charge >= 0.3 is 0 Å². The fraction of sp³-hybridized carbons (Fsp3) is 0.0625. The average molecular weight is 249 g/mol. The van der Waals surface area contributed by atoms with Gasteiger partial charge in [-0.15, -0.1) is 0 Å². The predicted octanol–water partition coefficient (Wildman–Crippen LogP) is 3.43. The molecule has 0 spiro atoms. The predicted molar refractivity (Wildman–Crippen MR) is 79.9 cm³/mol. The largest absolute Gasteiger partial charge is 0.399 e. The van der Waals surface area contributed by atoms with Crippen LogP contribution in [0, 0.1) is 0 Å². The summed E-state index contributed by atoms with van der Waals surface area (Å²) in [7, 11) is 0. The van der Waals surface area contributed by atoms with Crippen LogP contribution in [0.3, 0.4) is 0 Å². The first kappa shape index (κ1) is 11.5. The summed E-state index contributed by atoms with van der Waals surface area (Å²) < 4.78 is 0. The molecule has 0 aliphatic rings. The number of anilines is 2. The first-order valence-corrected chi connectivity index (χ1v) is 6.25. The number of nitrogens with one attached hydrogen (secondary N) is 1. The van der Waals surface area contributed by atoms with E-state index in [1.54, 1.807) is 6.20 Å². The zero-order valence-electron chi connectivity index (χ0n) is 10.5. The Morgan fingerprint density at radius 1 is 1.00 bits per heavy atom. The zero-order chi connectivity index (χ0) is 13.1. The van der Waals surface area contributed by atoms with Crippen molar-refractivity contribution in [2.24, 2.45) is 0 Å². The first-order valence-electron chi connectivity index (χ1n) is 6.25. The lowest BCUT2D eigenvalue weighted by Gasteiger charge is -2.09. The van der Waals surface area contributed by atoms with Gasteiger partial charge in [0, 0.05) is 23.8 Å². The SMILES string of the molecule is Nc1ccc2c(NCc3ccccc3)nccc2c1. The summed E-state index contributed by atoms with van der Waals surface area (Å²) in [4.78, 5) is 4.40. The van der Waals surface area contributed by atoms with Crippen molar-refractivity contribution < 1.29 is 0 Å². The molecule has 3 heteroatoms. The van der Waals surface area contributed by atoms with E-state index >= 15 is 0 Å². The second-order valence-corrected chi connectivity index (χ2v) is 4.48. The van der Waals surface area contributed by atoms with Crippen molar-refractivity contribution >= 4 is 22.3 Å². The molecule has 0 radical (unpaired) electrons. The van der Waals surface area contributed by atoms with E-state index in [1.807, 2.05) is 42.5 Å². The van der Waals surface area contributed by atoms with Crippen LogP contribution in [0.2, 0.25) is 0 Å². The molecule has 0 aliphatic carbocycles. The number of rotatable bonds is 3. The fourth-order valence-corrected chi connectivity index (χ4v) is 2.12. The summed E-state index contributed by atoms with van der Waals surface area (Å²) in [6, 6.07) is 18.1. The van der Waals surface area contributed by atoms with Crippen LogP contribution in [0.1, 0.15) is 5.56 Å². The lowest BCUT2D eigenvalue weighted by molar-refractivity contribution is 1.12. The minimum atomic E-state index is 0.761. The Hall–Kier alpha value is -2.55. The number of hydrogen-bond acceptors (Lipinski definition) is 3. The van der Waals surface area contributed by atoms with E-state index in [4.69, 9.17) is 5.73 Å². The number of pyridine rings is 1. The third kappa shape index (κ3) is 2.50. The quantitative estimate of drug-likeness (QED) is 0.699.